The molecular formula is C12H20O. The fourth-order valence-corrected chi connectivity index (χ4v) is 1.75. The zero-order valence-electron chi connectivity index (χ0n) is 8.75. The second-order valence-corrected chi connectivity index (χ2v) is 4.31. The van der Waals surface area contributed by atoms with Gasteiger partial charge in [-0.3, -0.25) is 4.79 Å². The summed E-state index contributed by atoms with van der Waals surface area (Å²) in [6.07, 6.45) is 10.1. The van der Waals surface area contributed by atoms with Crippen LogP contribution in [-0.4, -0.2) is 5.78 Å². The molecule has 1 heteroatoms. The van der Waals surface area contributed by atoms with Crippen LogP contribution in [0.25, 0.3) is 0 Å². The van der Waals surface area contributed by atoms with Crippen molar-refractivity contribution in [3.63, 3.8) is 0 Å². The third-order valence-electron chi connectivity index (χ3n) is 2.82. The van der Waals surface area contributed by atoms with Crippen LogP contribution < -0.4 is 0 Å². The average Bonchev–Trinajstić information content (AvgIpc) is 2.15. The molecule has 0 bridgehead atoms. The highest BCUT2D eigenvalue weighted by atomic mass is 16.1. The molecule has 0 saturated carbocycles. The van der Waals surface area contributed by atoms with E-state index < -0.39 is 0 Å². The molecule has 0 aromatic rings. The molecule has 0 aliphatic heterocycles. The number of carbonyl (C=O) groups is 1. The molecule has 0 fully saturated rings. The topological polar surface area (TPSA) is 17.1 Å². The molecule has 1 nitrogen and oxygen atoms in total. The average molecular weight is 180 g/mol. The lowest BCUT2D eigenvalue weighted by Crippen LogP contribution is -2.10. The third-order valence-corrected chi connectivity index (χ3v) is 2.82. The number of ketones is 1. The van der Waals surface area contributed by atoms with E-state index in [1.165, 1.54) is 19.3 Å². The molecule has 0 N–H and O–H groups in total. The zero-order chi connectivity index (χ0) is 9.68. The lowest BCUT2D eigenvalue weighted by molar-refractivity contribution is -0.122. The third kappa shape index (κ3) is 3.75. The number of hydrogen-bond acceptors (Lipinski definition) is 1. The molecular weight excluding hydrogens is 160 g/mol. The van der Waals surface area contributed by atoms with Gasteiger partial charge in [-0.1, -0.05) is 26.0 Å². The Hall–Kier alpha value is -0.590. The first-order valence-electron chi connectivity index (χ1n) is 5.38. The minimum Gasteiger partial charge on any atom is -0.299 e. The smallest absolute Gasteiger partial charge is 0.135 e. The Labute approximate surface area is 81.2 Å². The fraction of sp³-hybridized carbons (Fsp3) is 0.750. The van der Waals surface area contributed by atoms with E-state index in [1.54, 1.807) is 0 Å². The van der Waals surface area contributed by atoms with E-state index >= 15 is 0 Å². The maximum Gasteiger partial charge on any atom is 0.135 e. The van der Waals surface area contributed by atoms with Crippen molar-refractivity contribution in [2.24, 2.45) is 11.8 Å². The first kappa shape index (κ1) is 10.5. The van der Waals surface area contributed by atoms with Crippen molar-refractivity contribution >= 4 is 5.78 Å². The number of Topliss-reactive ketones (excluding diaryl/α,β-unsaturated/α-hetero) is 1. The van der Waals surface area contributed by atoms with Gasteiger partial charge in [-0.05, 0) is 31.6 Å². The number of allylic oxidation sites excluding steroid dienone is 2. The van der Waals surface area contributed by atoms with Gasteiger partial charge < -0.3 is 0 Å². The van der Waals surface area contributed by atoms with Gasteiger partial charge in [0.1, 0.15) is 5.78 Å². The molecule has 0 heterocycles. The molecule has 1 unspecified atom stereocenters. The van der Waals surface area contributed by atoms with E-state index in [4.69, 9.17) is 0 Å². The van der Waals surface area contributed by atoms with Crippen molar-refractivity contribution in [2.45, 2.75) is 46.0 Å². The maximum absolute atomic E-state index is 11.4. The molecule has 0 aromatic heterocycles. The molecule has 1 aliphatic carbocycles. The van der Waals surface area contributed by atoms with E-state index in [0.717, 1.165) is 18.8 Å². The standard InChI is InChI=1S/C12H20O/c1-10(2)12(13)9-8-11-6-4-3-5-7-11/h3-4,10-11H,5-9H2,1-2H3. The number of rotatable bonds is 4. The van der Waals surface area contributed by atoms with Gasteiger partial charge in [0.05, 0.1) is 0 Å². The minimum atomic E-state index is 0.221. The van der Waals surface area contributed by atoms with Gasteiger partial charge in [0.25, 0.3) is 0 Å². The number of carbonyl (C=O) groups excluding carboxylic acids is 1. The zero-order valence-corrected chi connectivity index (χ0v) is 8.75. The van der Waals surface area contributed by atoms with E-state index in [-0.39, 0.29) is 5.92 Å². The molecule has 1 atom stereocenters. The Balaban J connectivity index is 2.18. The van der Waals surface area contributed by atoms with Crippen molar-refractivity contribution in [3.8, 4) is 0 Å². The first-order chi connectivity index (χ1) is 6.20. The summed E-state index contributed by atoms with van der Waals surface area (Å²) < 4.78 is 0. The van der Waals surface area contributed by atoms with Crippen LogP contribution in [0.5, 0.6) is 0 Å². The summed E-state index contributed by atoms with van der Waals surface area (Å²) in [6, 6.07) is 0. The van der Waals surface area contributed by atoms with Crippen LogP contribution in [0.15, 0.2) is 12.2 Å². The van der Waals surface area contributed by atoms with Gasteiger partial charge in [0, 0.05) is 12.3 Å². The molecule has 1 aliphatic rings. The molecule has 74 valence electrons. The summed E-state index contributed by atoms with van der Waals surface area (Å²) in [7, 11) is 0. The summed E-state index contributed by atoms with van der Waals surface area (Å²) in [4.78, 5) is 11.4. The van der Waals surface area contributed by atoms with Crippen molar-refractivity contribution < 1.29 is 4.79 Å². The van der Waals surface area contributed by atoms with E-state index in [1.807, 2.05) is 13.8 Å². The Morgan fingerprint density at radius 2 is 2.23 bits per heavy atom. The highest BCUT2D eigenvalue weighted by Gasteiger charge is 2.13. The monoisotopic (exact) mass is 180 g/mol. The Kier molecular flexibility index (Phi) is 4.20. The van der Waals surface area contributed by atoms with Crippen molar-refractivity contribution in [3.05, 3.63) is 12.2 Å². The van der Waals surface area contributed by atoms with Crippen molar-refractivity contribution in [1.82, 2.24) is 0 Å². The molecule has 0 amide bonds. The molecule has 0 aromatic carbocycles. The summed E-state index contributed by atoms with van der Waals surface area (Å²) in [5, 5.41) is 0. The second-order valence-electron chi connectivity index (χ2n) is 4.31. The highest BCUT2D eigenvalue weighted by molar-refractivity contribution is 5.80. The van der Waals surface area contributed by atoms with Crippen LogP contribution in [0, 0.1) is 11.8 Å². The fourth-order valence-electron chi connectivity index (χ4n) is 1.75. The van der Waals surface area contributed by atoms with Gasteiger partial charge in [-0.15, -0.1) is 0 Å². The maximum atomic E-state index is 11.4. The normalized spacial score (nSPS) is 22.2. The second kappa shape index (κ2) is 5.21. The predicted molar refractivity (Wildman–Crippen MR) is 55.6 cm³/mol. The Morgan fingerprint density at radius 3 is 2.77 bits per heavy atom. The summed E-state index contributed by atoms with van der Waals surface area (Å²) in [5.74, 6) is 1.42. The van der Waals surface area contributed by atoms with Crippen LogP contribution in [0.3, 0.4) is 0 Å². The molecule has 0 radical (unpaired) electrons. The van der Waals surface area contributed by atoms with Crippen molar-refractivity contribution in [1.29, 1.82) is 0 Å². The van der Waals surface area contributed by atoms with Gasteiger partial charge in [0.15, 0.2) is 0 Å². The highest BCUT2D eigenvalue weighted by Crippen LogP contribution is 2.23. The lowest BCUT2D eigenvalue weighted by atomic mass is 9.88. The van der Waals surface area contributed by atoms with Crippen LogP contribution in [0.2, 0.25) is 0 Å². The Bertz CT molecular complexity index is 191. The molecule has 1 rings (SSSR count). The largest absolute Gasteiger partial charge is 0.299 e. The van der Waals surface area contributed by atoms with Gasteiger partial charge >= 0.3 is 0 Å². The van der Waals surface area contributed by atoms with Crippen molar-refractivity contribution in [2.75, 3.05) is 0 Å². The van der Waals surface area contributed by atoms with Crippen LogP contribution >= 0.6 is 0 Å². The van der Waals surface area contributed by atoms with E-state index in [9.17, 15) is 4.79 Å². The van der Waals surface area contributed by atoms with Crippen LogP contribution in [0.1, 0.15) is 46.0 Å². The van der Waals surface area contributed by atoms with E-state index in [0.29, 0.717) is 5.78 Å². The molecule has 0 spiro atoms. The van der Waals surface area contributed by atoms with Crippen LogP contribution in [-0.2, 0) is 4.79 Å². The Morgan fingerprint density at radius 1 is 1.46 bits per heavy atom. The summed E-state index contributed by atoms with van der Waals surface area (Å²) in [5.41, 5.74) is 0. The van der Waals surface area contributed by atoms with Gasteiger partial charge in [0.2, 0.25) is 0 Å². The number of hydrogen-bond donors (Lipinski definition) is 0. The predicted octanol–water partition coefficient (Wildman–Crippen LogP) is 3.35. The lowest BCUT2D eigenvalue weighted by Gasteiger charge is -2.17. The molecule has 0 saturated heterocycles. The molecule has 13 heavy (non-hydrogen) atoms. The van der Waals surface area contributed by atoms with Gasteiger partial charge in [-0.25, -0.2) is 0 Å². The van der Waals surface area contributed by atoms with Crippen LogP contribution in [0.4, 0.5) is 0 Å². The van der Waals surface area contributed by atoms with Gasteiger partial charge in [-0.2, -0.15) is 0 Å². The summed E-state index contributed by atoms with van der Waals surface area (Å²) in [6.45, 7) is 3.98. The summed E-state index contributed by atoms with van der Waals surface area (Å²) >= 11 is 0. The minimum absolute atomic E-state index is 0.221. The van der Waals surface area contributed by atoms with E-state index in [2.05, 4.69) is 12.2 Å². The quantitative estimate of drug-likeness (QED) is 0.606. The first-order valence-corrected chi connectivity index (χ1v) is 5.38. The SMILES string of the molecule is CC(C)C(=O)CCC1CC=CCC1.